The van der Waals surface area contributed by atoms with E-state index in [0.29, 0.717) is 5.76 Å². The lowest BCUT2D eigenvalue weighted by molar-refractivity contribution is 0.0918. The minimum Gasteiger partial charge on any atom is -0.355 e. The van der Waals surface area contributed by atoms with Crippen LogP contribution in [0.1, 0.15) is 28.4 Å². The minimum absolute atomic E-state index is 0.0668. The third-order valence-electron chi connectivity index (χ3n) is 4.14. The molecule has 0 saturated carbocycles. The summed E-state index contributed by atoms with van der Waals surface area (Å²) in [5.74, 6) is 1.39. The summed E-state index contributed by atoms with van der Waals surface area (Å²) >= 11 is 0. The highest BCUT2D eigenvalue weighted by molar-refractivity contribution is 5.93. The van der Waals surface area contributed by atoms with Crippen LogP contribution in [0.15, 0.2) is 41.3 Å². The van der Waals surface area contributed by atoms with Crippen molar-refractivity contribution in [2.24, 2.45) is 0 Å². The molecule has 3 aromatic heterocycles. The summed E-state index contributed by atoms with van der Waals surface area (Å²) in [4.78, 5) is 20.9. The lowest BCUT2D eigenvalue weighted by Crippen LogP contribution is -2.41. The summed E-state index contributed by atoms with van der Waals surface area (Å²) in [6.07, 6.45) is 7.10. The highest BCUT2D eigenvalue weighted by Crippen LogP contribution is 2.19. The number of pyridine rings is 1. The van der Waals surface area contributed by atoms with Crippen LogP contribution >= 0.6 is 0 Å². The van der Waals surface area contributed by atoms with Crippen LogP contribution in [-0.2, 0) is 13.0 Å². The first-order chi connectivity index (χ1) is 11.7. The summed E-state index contributed by atoms with van der Waals surface area (Å²) < 4.78 is 7.36. The smallest absolute Gasteiger partial charge is 0.273 e. The number of carbonyl (C=O) groups excluding carboxylic acids is 1. The van der Waals surface area contributed by atoms with Gasteiger partial charge in [0, 0.05) is 49.2 Å². The molecule has 4 heterocycles. The fourth-order valence-corrected chi connectivity index (χ4v) is 2.99. The summed E-state index contributed by atoms with van der Waals surface area (Å²) in [6.45, 7) is 2.71. The predicted molar refractivity (Wildman–Crippen MR) is 86.3 cm³/mol. The Morgan fingerprint density at radius 2 is 2.38 bits per heavy atom. The molecule has 1 aliphatic rings. The molecule has 0 fully saturated rings. The molecule has 24 heavy (non-hydrogen) atoms. The average molecular weight is 323 g/mol. The first kappa shape index (κ1) is 14.6. The molecule has 1 amide bonds. The third kappa shape index (κ3) is 2.80. The number of hydrogen-bond donors (Lipinski definition) is 1. The lowest BCUT2D eigenvalue weighted by Gasteiger charge is -2.24. The molecule has 4 rings (SSSR count). The maximum absolute atomic E-state index is 12.4. The van der Waals surface area contributed by atoms with Crippen molar-refractivity contribution in [2.75, 3.05) is 0 Å². The lowest BCUT2D eigenvalue weighted by atomic mass is 10.1. The summed E-state index contributed by atoms with van der Waals surface area (Å²) in [6, 6.07) is 5.38. The fraction of sp³-hybridized carbons (Fsp3) is 0.294. The van der Waals surface area contributed by atoms with Crippen molar-refractivity contribution in [3.8, 4) is 11.3 Å². The molecule has 1 aliphatic heterocycles. The van der Waals surface area contributed by atoms with Crippen LogP contribution < -0.4 is 5.32 Å². The van der Waals surface area contributed by atoms with Crippen LogP contribution in [-0.4, -0.2) is 31.6 Å². The van der Waals surface area contributed by atoms with E-state index in [9.17, 15) is 4.79 Å². The highest BCUT2D eigenvalue weighted by atomic mass is 16.5. The third-order valence-corrected chi connectivity index (χ3v) is 4.14. The Hall–Kier alpha value is -2.96. The van der Waals surface area contributed by atoms with Crippen molar-refractivity contribution >= 4 is 5.91 Å². The molecule has 7 heteroatoms. The van der Waals surface area contributed by atoms with Gasteiger partial charge >= 0.3 is 0 Å². The van der Waals surface area contributed by atoms with Gasteiger partial charge in [-0.25, -0.2) is 4.98 Å². The summed E-state index contributed by atoms with van der Waals surface area (Å²) in [5.41, 5.74) is 2.08. The van der Waals surface area contributed by atoms with Crippen molar-refractivity contribution in [1.82, 2.24) is 25.0 Å². The van der Waals surface area contributed by atoms with Crippen LogP contribution in [0.2, 0.25) is 0 Å². The van der Waals surface area contributed by atoms with Gasteiger partial charge in [0.2, 0.25) is 0 Å². The molecule has 0 radical (unpaired) electrons. The van der Waals surface area contributed by atoms with E-state index < -0.39 is 0 Å². The maximum atomic E-state index is 12.4. The molecule has 0 saturated heterocycles. The van der Waals surface area contributed by atoms with Gasteiger partial charge in [-0.1, -0.05) is 5.16 Å². The number of amides is 1. The van der Waals surface area contributed by atoms with E-state index in [2.05, 4.69) is 25.0 Å². The van der Waals surface area contributed by atoms with Crippen molar-refractivity contribution in [2.45, 2.75) is 32.4 Å². The highest BCUT2D eigenvalue weighted by Gasteiger charge is 2.23. The molecule has 0 spiro atoms. The number of nitrogens with zero attached hydrogens (tertiary/aromatic N) is 4. The van der Waals surface area contributed by atoms with E-state index in [1.165, 1.54) is 0 Å². The van der Waals surface area contributed by atoms with E-state index in [0.717, 1.165) is 36.5 Å². The normalized spacial score (nSPS) is 16.6. The molecule has 122 valence electrons. The number of carbonyl (C=O) groups is 1. The van der Waals surface area contributed by atoms with Crippen LogP contribution in [0.5, 0.6) is 0 Å². The van der Waals surface area contributed by atoms with E-state index in [1.807, 2.05) is 25.3 Å². The number of nitrogens with one attached hydrogen (secondary N) is 1. The van der Waals surface area contributed by atoms with Gasteiger partial charge in [-0.05, 0) is 25.5 Å². The second kappa shape index (κ2) is 5.92. The van der Waals surface area contributed by atoms with Crippen molar-refractivity contribution in [3.05, 3.63) is 54.0 Å². The van der Waals surface area contributed by atoms with Crippen molar-refractivity contribution in [3.63, 3.8) is 0 Å². The largest absolute Gasteiger partial charge is 0.355 e. The quantitative estimate of drug-likeness (QED) is 0.796. The number of imidazole rings is 1. The van der Waals surface area contributed by atoms with Gasteiger partial charge in [-0.2, -0.15) is 0 Å². The second-order valence-corrected chi connectivity index (χ2v) is 5.98. The molecular formula is C17H17N5O2. The Kier molecular flexibility index (Phi) is 3.60. The first-order valence-electron chi connectivity index (χ1n) is 7.89. The van der Waals surface area contributed by atoms with Gasteiger partial charge in [-0.15, -0.1) is 0 Å². The predicted octanol–water partition coefficient (Wildman–Crippen LogP) is 1.99. The van der Waals surface area contributed by atoms with Gasteiger partial charge in [0.1, 0.15) is 5.82 Å². The maximum Gasteiger partial charge on any atom is 0.273 e. The van der Waals surface area contributed by atoms with E-state index in [1.54, 1.807) is 18.5 Å². The van der Waals surface area contributed by atoms with Gasteiger partial charge in [-0.3, -0.25) is 9.78 Å². The molecule has 7 nitrogen and oxygen atoms in total. The van der Waals surface area contributed by atoms with Gasteiger partial charge in [0.25, 0.3) is 5.91 Å². The Balaban J connectivity index is 1.45. The number of hydrogen-bond acceptors (Lipinski definition) is 5. The number of rotatable bonds is 3. The topological polar surface area (TPSA) is 85.8 Å². The molecule has 1 unspecified atom stereocenters. The molecule has 1 atom stereocenters. The summed E-state index contributed by atoms with van der Waals surface area (Å²) in [7, 11) is 0. The molecule has 1 N–H and O–H groups in total. The zero-order valence-electron chi connectivity index (χ0n) is 13.3. The van der Waals surface area contributed by atoms with Crippen LogP contribution in [0.3, 0.4) is 0 Å². The van der Waals surface area contributed by atoms with Gasteiger partial charge in [0.15, 0.2) is 11.5 Å². The zero-order valence-corrected chi connectivity index (χ0v) is 13.3. The van der Waals surface area contributed by atoms with Gasteiger partial charge < -0.3 is 14.4 Å². The number of aromatic nitrogens is 4. The van der Waals surface area contributed by atoms with Crippen LogP contribution in [0.4, 0.5) is 0 Å². The fourth-order valence-electron chi connectivity index (χ4n) is 2.99. The van der Waals surface area contributed by atoms with Crippen molar-refractivity contribution in [1.29, 1.82) is 0 Å². The average Bonchev–Trinajstić information content (AvgIpc) is 3.21. The molecular weight excluding hydrogens is 306 g/mol. The summed E-state index contributed by atoms with van der Waals surface area (Å²) in [5, 5.41) is 6.90. The standard InChI is InChI=1S/C17H17N5O2/c1-11-9-22-10-13(4-5-16(22)19-11)20-17(23)14-7-15(24-21-14)12-3-2-6-18-8-12/h2-3,6-9,13H,4-5,10H2,1H3,(H,20,23). The second-order valence-electron chi connectivity index (χ2n) is 5.98. The Labute approximate surface area is 138 Å². The van der Waals surface area contributed by atoms with Crippen LogP contribution in [0, 0.1) is 6.92 Å². The molecule has 0 aliphatic carbocycles. The van der Waals surface area contributed by atoms with E-state index >= 15 is 0 Å². The Bertz CT molecular complexity index is 868. The van der Waals surface area contributed by atoms with E-state index in [-0.39, 0.29) is 17.6 Å². The number of aryl methyl sites for hydroxylation is 2. The Morgan fingerprint density at radius 3 is 3.21 bits per heavy atom. The Morgan fingerprint density at radius 1 is 1.46 bits per heavy atom. The zero-order chi connectivity index (χ0) is 16.5. The first-order valence-corrected chi connectivity index (χ1v) is 7.89. The molecule has 0 aromatic carbocycles. The molecule has 0 bridgehead atoms. The molecule has 3 aromatic rings. The van der Waals surface area contributed by atoms with E-state index in [4.69, 9.17) is 4.52 Å². The van der Waals surface area contributed by atoms with Crippen molar-refractivity contribution < 1.29 is 9.32 Å². The minimum atomic E-state index is -0.223. The SMILES string of the molecule is Cc1cn2c(n1)CCC(NC(=O)c1cc(-c3cccnc3)on1)C2. The van der Waals surface area contributed by atoms with Gasteiger partial charge in [0.05, 0.1) is 5.69 Å². The monoisotopic (exact) mass is 323 g/mol. The number of fused-ring (bicyclic) bond motifs is 1. The van der Waals surface area contributed by atoms with Crippen LogP contribution in [0.25, 0.3) is 11.3 Å².